The van der Waals surface area contributed by atoms with Gasteiger partial charge in [-0.25, -0.2) is 0 Å². The molecule has 0 unspecified atom stereocenters. The van der Waals surface area contributed by atoms with Crippen molar-refractivity contribution < 1.29 is 0 Å². The van der Waals surface area contributed by atoms with Crippen molar-refractivity contribution in [3.05, 3.63) is 235 Å². The molecule has 1 aromatic heterocycles. The first-order valence-electron chi connectivity index (χ1n) is 20.4. The molecule has 0 atom stereocenters. The molecule has 59 heavy (non-hydrogen) atoms. The summed E-state index contributed by atoms with van der Waals surface area (Å²) in [6.07, 6.45) is 0. The SMILES string of the molecule is c1ccc(N(c2ccc3sc4c5ccccc5c(-c5ccc6c(c5)C5(c7ccccc7-c7ccccc75)c5ccccc5-6)cc4c3c2)c2cccc3ccccc23)cc1. The zero-order chi connectivity index (χ0) is 38.7. The third-order valence-electron chi connectivity index (χ3n) is 13.0. The van der Waals surface area contributed by atoms with E-state index in [1.54, 1.807) is 0 Å². The lowest BCUT2D eigenvalue weighted by Gasteiger charge is -2.30. The van der Waals surface area contributed by atoms with Crippen LogP contribution in [0.3, 0.4) is 0 Å². The number of hydrogen-bond acceptors (Lipinski definition) is 2. The van der Waals surface area contributed by atoms with Crippen molar-refractivity contribution in [2.45, 2.75) is 5.41 Å². The van der Waals surface area contributed by atoms with Gasteiger partial charge in [-0.1, -0.05) is 164 Å². The maximum Gasteiger partial charge on any atom is 0.0725 e. The lowest BCUT2D eigenvalue weighted by molar-refractivity contribution is 0.794. The van der Waals surface area contributed by atoms with E-state index in [-0.39, 0.29) is 5.41 Å². The Morgan fingerprint density at radius 2 is 0.932 bits per heavy atom. The van der Waals surface area contributed by atoms with E-state index in [1.807, 2.05) is 11.3 Å². The summed E-state index contributed by atoms with van der Waals surface area (Å²) in [5.74, 6) is 0. The third-order valence-corrected chi connectivity index (χ3v) is 14.3. The summed E-state index contributed by atoms with van der Waals surface area (Å²) in [5.41, 5.74) is 16.4. The summed E-state index contributed by atoms with van der Waals surface area (Å²) in [7, 11) is 0. The molecule has 0 radical (unpaired) electrons. The molecule has 2 aliphatic carbocycles. The highest BCUT2D eigenvalue weighted by Crippen LogP contribution is 2.63. The predicted octanol–water partition coefficient (Wildman–Crippen LogP) is 15.8. The van der Waals surface area contributed by atoms with Crippen LogP contribution in [-0.2, 0) is 5.41 Å². The van der Waals surface area contributed by atoms with E-state index in [2.05, 4.69) is 217 Å². The molecule has 0 saturated heterocycles. The van der Waals surface area contributed by atoms with Crippen LogP contribution in [0, 0.1) is 0 Å². The second-order valence-corrected chi connectivity index (χ2v) is 17.0. The van der Waals surface area contributed by atoms with E-state index < -0.39 is 0 Å². The Morgan fingerprint density at radius 1 is 0.339 bits per heavy atom. The van der Waals surface area contributed by atoms with Gasteiger partial charge in [-0.15, -0.1) is 11.3 Å². The summed E-state index contributed by atoms with van der Waals surface area (Å²) < 4.78 is 2.62. The van der Waals surface area contributed by atoms with Gasteiger partial charge in [0, 0.05) is 42.3 Å². The van der Waals surface area contributed by atoms with Gasteiger partial charge in [0.1, 0.15) is 0 Å². The number of anilines is 3. The molecule has 1 spiro atoms. The van der Waals surface area contributed by atoms with Crippen LogP contribution in [0.1, 0.15) is 22.3 Å². The zero-order valence-corrected chi connectivity index (χ0v) is 32.9. The van der Waals surface area contributed by atoms with Crippen molar-refractivity contribution in [2.75, 3.05) is 4.90 Å². The smallest absolute Gasteiger partial charge is 0.0725 e. The van der Waals surface area contributed by atoms with Crippen LogP contribution in [0.5, 0.6) is 0 Å². The highest BCUT2D eigenvalue weighted by atomic mass is 32.1. The van der Waals surface area contributed by atoms with Crippen molar-refractivity contribution in [2.24, 2.45) is 0 Å². The second kappa shape index (κ2) is 12.4. The van der Waals surface area contributed by atoms with Gasteiger partial charge in [0.2, 0.25) is 0 Å². The number of rotatable bonds is 4. The lowest BCUT2D eigenvalue weighted by atomic mass is 9.70. The zero-order valence-electron chi connectivity index (χ0n) is 32.1. The normalized spacial score (nSPS) is 13.2. The summed E-state index contributed by atoms with van der Waals surface area (Å²) >= 11 is 1.90. The Morgan fingerprint density at radius 3 is 1.66 bits per heavy atom. The number of benzene rings is 10. The van der Waals surface area contributed by atoms with E-state index in [4.69, 9.17) is 0 Å². The first kappa shape index (κ1) is 32.8. The molecular weight excluding hydrogens is 731 g/mol. The molecule has 0 fully saturated rings. The number of para-hydroxylation sites is 1. The van der Waals surface area contributed by atoms with Crippen LogP contribution < -0.4 is 4.90 Å². The molecule has 274 valence electrons. The second-order valence-electron chi connectivity index (χ2n) is 15.9. The maximum atomic E-state index is 2.53. The highest BCUT2D eigenvalue weighted by Gasteiger charge is 2.51. The summed E-state index contributed by atoms with van der Waals surface area (Å²) in [5, 5.41) is 7.61. The predicted molar refractivity (Wildman–Crippen MR) is 251 cm³/mol. The average molecular weight is 766 g/mol. The van der Waals surface area contributed by atoms with E-state index in [9.17, 15) is 0 Å². The minimum absolute atomic E-state index is 0.387. The molecule has 2 heteroatoms. The van der Waals surface area contributed by atoms with Crippen molar-refractivity contribution in [3.63, 3.8) is 0 Å². The Labute approximate surface area is 346 Å². The Balaban J connectivity index is 1.06. The molecule has 13 rings (SSSR count). The van der Waals surface area contributed by atoms with Crippen LogP contribution in [0.15, 0.2) is 212 Å². The first-order chi connectivity index (χ1) is 29.3. The fourth-order valence-electron chi connectivity index (χ4n) is 10.6. The van der Waals surface area contributed by atoms with Crippen molar-refractivity contribution in [1.82, 2.24) is 0 Å². The van der Waals surface area contributed by atoms with Crippen molar-refractivity contribution >= 4 is 70.1 Å². The minimum atomic E-state index is -0.387. The molecule has 0 amide bonds. The van der Waals surface area contributed by atoms with Gasteiger partial charge >= 0.3 is 0 Å². The van der Waals surface area contributed by atoms with Gasteiger partial charge in [-0.05, 0) is 115 Å². The Bertz CT molecular complexity index is 3450. The van der Waals surface area contributed by atoms with Gasteiger partial charge in [0.15, 0.2) is 0 Å². The van der Waals surface area contributed by atoms with Crippen LogP contribution in [-0.4, -0.2) is 0 Å². The molecule has 11 aromatic rings. The fraction of sp³-hybridized carbons (Fsp3) is 0.0175. The van der Waals surface area contributed by atoms with Crippen molar-refractivity contribution in [1.29, 1.82) is 0 Å². The molecule has 0 N–H and O–H groups in total. The van der Waals surface area contributed by atoms with Gasteiger partial charge < -0.3 is 4.90 Å². The first-order valence-corrected chi connectivity index (χ1v) is 21.2. The molecule has 2 aliphatic rings. The van der Waals surface area contributed by atoms with Crippen LogP contribution >= 0.6 is 11.3 Å². The number of nitrogens with zero attached hydrogens (tertiary/aromatic N) is 1. The third kappa shape index (κ3) is 4.50. The van der Waals surface area contributed by atoms with Gasteiger partial charge in [0.05, 0.1) is 11.1 Å². The molecule has 10 aromatic carbocycles. The van der Waals surface area contributed by atoms with Crippen LogP contribution in [0.2, 0.25) is 0 Å². The van der Waals surface area contributed by atoms with Crippen LogP contribution in [0.25, 0.3) is 75.1 Å². The summed E-state index contributed by atoms with van der Waals surface area (Å²) in [4.78, 5) is 2.42. The number of hydrogen-bond donors (Lipinski definition) is 0. The highest BCUT2D eigenvalue weighted by molar-refractivity contribution is 7.26. The monoisotopic (exact) mass is 765 g/mol. The van der Waals surface area contributed by atoms with E-state index in [0.717, 1.165) is 11.4 Å². The molecule has 0 aliphatic heterocycles. The Hall–Kier alpha value is -7.26. The minimum Gasteiger partial charge on any atom is -0.310 e. The quantitative estimate of drug-likeness (QED) is 0.172. The lowest BCUT2D eigenvalue weighted by Crippen LogP contribution is -2.25. The summed E-state index contributed by atoms with van der Waals surface area (Å²) in [6, 6.07) is 79.2. The summed E-state index contributed by atoms with van der Waals surface area (Å²) in [6.45, 7) is 0. The largest absolute Gasteiger partial charge is 0.310 e. The van der Waals surface area contributed by atoms with E-state index in [0.29, 0.717) is 0 Å². The average Bonchev–Trinajstić information content (AvgIpc) is 3.93. The van der Waals surface area contributed by atoms with Crippen LogP contribution in [0.4, 0.5) is 17.1 Å². The fourth-order valence-corrected chi connectivity index (χ4v) is 11.8. The van der Waals surface area contributed by atoms with E-state index in [1.165, 1.54) is 103 Å². The molecule has 1 heterocycles. The maximum absolute atomic E-state index is 2.53. The standard InChI is InChI=1S/C57H35NS/c1-2-17-38(18-3-1)58(54-28-14-16-36-15-4-5-19-40(36)54)39-30-32-55-48(34-39)49-35-47(41-20-6-7-24-46(41)56(49)59-55)37-29-31-45-44-23-10-13-27-52(44)57(53(45)33-37)50-25-11-8-21-42(50)43-22-9-12-26-51(43)57/h1-35H. The molecule has 0 saturated carbocycles. The molecular formula is C57H35NS. The van der Waals surface area contributed by atoms with E-state index >= 15 is 0 Å². The molecule has 1 nitrogen and oxygen atoms in total. The number of thiophene rings is 1. The topological polar surface area (TPSA) is 3.24 Å². The van der Waals surface area contributed by atoms with Gasteiger partial charge in [-0.3, -0.25) is 0 Å². The number of fused-ring (bicyclic) bond motifs is 16. The van der Waals surface area contributed by atoms with Crippen molar-refractivity contribution in [3.8, 4) is 33.4 Å². The van der Waals surface area contributed by atoms with Gasteiger partial charge in [-0.2, -0.15) is 0 Å². The Kier molecular flexibility index (Phi) is 6.87. The van der Waals surface area contributed by atoms with Gasteiger partial charge in [0.25, 0.3) is 0 Å². The molecule has 0 bridgehead atoms.